The van der Waals surface area contributed by atoms with Gasteiger partial charge >= 0.3 is 0 Å². The number of benzene rings is 1. The van der Waals surface area contributed by atoms with Crippen molar-refractivity contribution in [2.24, 2.45) is 0 Å². The van der Waals surface area contributed by atoms with Gasteiger partial charge in [-0.15, -0.1) is 0 Å². The van der Waals surface area contributed by atoms with Crippen LogP contribution in [0.3, 0.4) is 0 Å². The first-order valence-corrected chi connectivity index (χ1v) is 9.51. The summed E-state index contributed by atoms with van der Waals surface area (Å²) in [5, 5.41) is 0. The number of hydrogen-bond acceptors (Lipinski definition) is 5. The predicted molar refractivity (Wildman–Crippen MR) is 100 cm³/mol. The van der Waals surface area contributed by atoms with Crippen molar-refractivity contribution >= 4 is 11.8 Å². The molecular weight excluding hydrogens is 348 g/mol. The molecule has 3 rings (SSSR count). The van der Waals surface area contributed by atoms with E-state index in [-0.39, 0.29) is 17.9 Å². The van der Waals surface area contributed by atoms with Crippen LogP contribution in [0.5, 0.6) is 11.5 Å². The molecule has 27 heavy (non-hydrogen) atoms. The van der Waals surface area contributed by atoms with Crippen LogP contribution in [0.1, 0.15) is 24.8 Å². The second-order valence-corrected chi connectivity index (χ2v) is 6.90. The molecule has 7 nitrogen and oxygen atoms in total. The van der Waals surface area contributed by atoms with E-state index in [2.05, 4.69) is 0 Å². The minimum Gasteiger partial charge on any atom is -0.493 e. The number of carbonyl (C=O) groups excluding carboxylic acids is 2. The summed E-state index contributed by atoms with van der Waals surface area (Å²) >= 11 is 0. The van der Waals surface area contributed by atoms with Crippen molar-refractivity contribution in [2.75, 3.05) is 47.0 Å². The Hall–Kier alpha value is -2.28. The molecule has 0 aromatic heterocycles. The van der Waals surface area contributed by atoms with E-state index in [4.69, 9.17) is 14.2 Å². The van der Waals surface area contributed by atoms with Crippen molar-refractivity contribution < 1.29 is 23.8 Å². The number of carbonyl (C=O) groups is 2. The molecule has 1 unspecified atom stereocenters. The minimum atomic E-state index is -0.280. The highest BCUT2D eigenvalue weighted by molar-refractivity contribution is 5.82. The quantitative estimate of drug-likeness (QED) is 0.752. The Bertz CT molecular complexity index is 664. The van der Waals surface area contributed by atoms with Gasteiger partial charge in [-0.2, -0.15) is 0 Å². The Morgan fingerprint density at radius 1 is 1.07 bits per heavy atom. The number of rotatable bonds is 6. The van der Waals surface area contributed by atoms with E-state index in [1.54, 1.807) is 14.2 Å². The van der Waals surface area contributed by atoms with Crippen LogP contribution >= 0.6 is 0 Å². The summed E-state index contributed by atoms with van der Waals surface area (Å²) < 4.78 is 16.0. The molecule has 7 heteroatoms. The van der Waals surface area contributed by atoms with E-state index >= 15 is 0 Å². The molecule has 2 aliphatic rings. The van der Waals surface area contributed by atoms with E-state index in [1.165, 1.54) is 0 Å². The van der Waals surface area contributed by atoms with Crippen LogP contribution in [-0.4, -0.2) is 74.7 Å². The summed E-state index contributed by atoms with van der Waals surface area (Å²) in [6.07, 6.45) is 2.56. The zero-order valence-electron chi connectivity index (χ0n) is 16.1. The van der Waals surface area contributed by atoms with Crippen molar-refractivity contribution in [1.82, 2.24) is 9.80 Å². The molecule has 0 aliphatic carbocycles. The lowest BCUT2D eigenvalue weighted by Crippen LogP contribution is -2.52. The molecule has 2 amide bonds. The molecule has 2 saturated heterocycles. The molecule has 1 atom stereocenters. The average Bonchev–Trinajstić information content (AvgIpc) is 3.26. The van der Waals surface area contributed by atoms with Crippen molar-refractivity contribution in [2.45, 2.75) is 31.8 Å². The van der Waals surface area contributed by atoms with Crippen LogP contribution in [0.15, 0.2) is 18.2 Å². The second-order valence-electron chi connectivity index (χ2n) is 6.90. The Morgan fingerprint density at radius 2 is 1.78 bits per heavy atom. The smallest absolute Gasteiger partial charge is 0.251 e. The summed E-state index contributed by atoms with van der Waals surface area (Å²) in [6.45, 7) is 3.01. The van der Waals surface area contributed by atoms with Crippen molar-refractivity contribution in [1.29, 1.82) is 0 Å². The number of nitrogens with zero attached hydrogens (tertiary/aromatic N) is 2. The number of hydrogen-bond donors (Lipinski definition) is 0. The maximum absolute atomic E-state index is 12.5. The highest BCUT2D eigenvalue weighted by atomic mass is 16.5. The van der Waals surface area contributed by atoms with E-state index in [0.29, 0.717) is 57.1 Å². The highest BCUT2D eigenvalue weighted by Gasteiger charge is 2.31. The van der Waals surface area contributed by atoms with Gasteiger partial charge in [-0.25, -0.2) is 0 Å². The third-order valence-electron chi connectivity index (χ3n) is 5.22. The first-order valence-electron chi connectivity index (χ1n) is 9.51. The maximum Gasteiger partial charge on any atom is 0.251 e. The molecule has 148 valence electrons. The lowest BCUT2D eigenvalue weighted by Gasteiger charge is -2.35. The molecule has 1 aromatic rings. The number of piperazine rings is 1. The monoisotopic (exact) mass is 376 g/mol. The van der Waals surface area contributed by atoms with Gasteiger partial charge in [0.1, 0.15) is 6.10 Å². The number of ether oxygens (including phenoxy) is 3. The molecule has 0 saturated carbocycles. The number of amides is 2. The zero-order valence-corrected chi connectivity index (χ0v) is 16.1. The van der Waals surface area contributed by atoms with Gasteiger partial charge in [0.25, 0.3) is 5.91 Å². The van der Waals surface area contributed by atoms with Gasteiger partial charge in [0.05, 0.1) is 14.2 Å². The molecule has 2 fully saturated rings. The van der Waals surface area contributed by atoms with Gasteiger partial charge < -0.3 is 24.0 Å². The van der Waals surface area contributed by atoms with E-state index in [1.807, 2.05) is 28.0 Å². The third-order valence-corrected chi connectivity index (χ3v) is 5.22. The van der Waals surface area contributed by atoms with E-state index < -0.39 is 0 Å². The summed E-state index contributed by atoms with van der Waals surface area (Å²) in [6, 6.07) is 5.71. The van der Waals surface area contributed by atoms with E-state index in [9.17, 15) is 9.59 Å². The van der Waals surface area contributed by atoms with E-state index in [0.717, 1.165) is 18.4 Å². The van der Waals surface area contributed by atoms with Crippen LogP contribution in [-0.2, 0) is 20.7 Å². The van der Waals surface area contributed by atoms with Crippen LogP contribution in [0, 0.1) is 0 Å². The van der Waals surface area contributed by atoms with Gasteiger partial charge in [0.15, 0.2) is 11.5 Å². The normalized spacial score (nSPS) is 19.9. The van der Waals surface area contributed by atoms with Gasteiger partial charge in [0, 0.05) is 39.2 Å². The van der Waals surface area contributed by atoms with Crippen molar-refractivity contribution in [3.05, 3.63) is 23.8 Å². The Labute approximate surface area is 160 Å². The zero-order chi connectivity index (χ0) is 19.2. The molecule has 1 aromatic carbocycles. The van der Waals surface area contributed by atoms with Crippen LogP contribution in [0.2, 0.25) is 0 Å². The standard InChI is InChI=1S/C20H28N2O5/c1-25-16-7-5-15(14-18(16)26-2)6-8-19(23)21-9-11-22(12-10-21)20(24)17-4-3-13-27-17/h5,7,14,17H,3-4,6,8-13H2,1-2H3. The fraction of sp³-hybridized carbons (Fsp3) is 0.600. The summed E-state index contributed by atoms with van der Waals surface area (Å²) in [5.41, 5.74) is 1.04. The third kappa shape index (κ3) is 4.71. The van der Waals surface area contributed by atoms with Gasteiger partial charge in [-0.1, -0.05) is 6.07 Å². The van der Waals surface area contributed by atoms with Crippen LogP contribution in [0.25, 0.3) is 0 Å². The number of aryl methyl sites for hydroxylation is 1. The minimum absolute atomic E-state index is 0.0740. The summed E-state index contributed by atoms with van der Waals surface area (Å²) in [7, 11) is 3.20. The first-order chi connectivity index (χ1) is 13.1. The van der Waals surface area contributed by atoms with Gasteiger partial charge in [-0.3, -0.25) is 9.59 Å². The molecule has 0 radical (unpaired) electrons. The first kappa shape index (κ1) is 19.5. The van der Waals surface area contributed by atoms with Crippen molar-refractivity contribution in [3.63, 3.8) is 0 Å². The summed E-state index contributed by atoms with van der Waals surface area (Å²) in [4.78, 5) is 28.6. The number of methoxy groups -OCH3 is 2. The fourth-order valence-corrected chi connectivity index (χ4v) is 3.60. The molecule has 0 bridgehead atoms. The largest absolute Gasteiger partial charge is 0.493 e. The Kier molecular flexibility index (Phi) is 6.55. The molecule has 0 spiro atoms. The SMILES string of the molecule is COc1ccc(CCC(=O)N2CCN(C(=O)C3CCCO3)CC2)cc1OC. The lowest BCUT2D eigenvalue weighted by molar-refractivity contribution is -0.146. The fourth-order valence-electron chi connectivity index (χ4n) is 3.60. The van der Waals surface area contributed by atoms with Gasteiger partial charge in [0.2, 0.25) is 5.91 Å². The second kappa shape index (κ2) is 9.08. The lowest BCUT2D eigenvalue weighted by atomic mass is 10.1. The van der Waals surface area contributed by atoms with Crippen LogP contribution in [0.4, 0.5) is 0 Å². The molecule has 0 N–H and O–H groups in total. The average molecular weight is 376 g/mol. The molecule has 2 heterocycles. The highest BCUT2D eigenvalue weighted by Crippen LogP contribution is 2.28. The van der Waals surface area contributed by atoms with Crippen LogP contribution < -0.4 is 9.47 Å². The molecular formula is C20H28N2O5. The maximum atomic E-state index is 12.5. The van der Waals surface area contributed by atoms with Gasteiger partial charge in [-0.05, 0) is 37.0 Å². The summed E-state index contributed by atoms with van der Waals surface area (Å²) in [5.74, 6) is 1.54. The Morgan fingerprint density at radius 3 is 2.41 bits per heavy atom. The topological polar surface area (TPSA) is 68.3 Å². The Balaban J connectivity index is 1.46. The molecule has 2 aliphatic heterocycles. The predicted octanol–water partition coefficient (Wildman–Crippen LogP) is 1.49. The van der Waals surface area contributed by atoms with Crippen molar-refractivity contribution in [3.8, 4) is 11.5 Å².